The van der Waals surface area contributed by atoms with Crippen LogP contribution < -0.4 is 11.1 Å². The maximum atomic E-state index is 13.4. The number of nitrogens with zero attached hydrogens (tertiary/aromatic N) is 1. The van der Waals surface area contributed by atoms with Gasteiger partial charge in [0.1, 0.15) is 11.5 Å². The Morgan fingerprint density at radius 3 is 2.49 bits per heavy atom. The number of aliphatic hydroxyl groups excluding tert-OH is 1. The number of anilines is 1. The van der Waals surface area contributed by atoms with E-state index in [4.69, 9.17) is 15.2 Å². The number of hydrogen-bond acceptors (Lipinski definition) is 8. The first-order valence-electron chi connectivity index (χ1n) is 11.5. The quantitative estimate of drug-likeness (QED) is 0.233. The van der Waals surface area contributed by atoms with Gasteiger partial charge in [-0.1, -0.05) is 43.8 Å². The van der Waals surface area contributed by atoms with Crippen molar-refractivity contribution in [2.45, 2.75) is 47.6 Å². The van der Waals surface area contributed by atoms with Gasteiger partial charge in [-0.05, 0) is 42.3 Å². The van der Waals surface area contributed by atoms with E-state index in [1.54, 1.807) is 0 Å². The number of ether oxygens (including phenoxy) is 2. The zero-order chi connectivity index (χ0) is 25.4. The van der Waals surface area contributed by atoms with Crippen LogP contribution in [-0.2, 0) is 19.5 Å². The maximum absolute atomic E-state index is 13.4. The highest BCUT2D eigenvalue weighted by Gasteiger charge is 2.32. The van der Waals surface area contributed by atoms with Gasteiger partial charge >= 0.3 is 6.09 Å². The first kappa shape index (κ1) is 27.3. The smallest absolute Gasteiger partial charge is 0.408 e. The molecule has 0 bridgehead atoms. The van der Waals surface area contributed by atoms with Crippen LogP contribution in [0.3, 0.4) is 0 Å². The lowest BCUT2D eigenvalue weighted by molar-refractivity contribution is 0.0743. The topological polar surface area (TPSA) is 131 Å². The van der Waals surface area contributed by atoms with Crippen molar-refractivity contribution in [1.29, 1.82) is 0 Å². The fourth-order valence-electron chi connectivity index (χ4n) is 3.53. The van der Waals surface area contributed by atoms with Gasteiger partial charge in [-0.3, -0.25) is 0 Å². The maximum Gasteiger partial charge on any atom is 0.408 e. The lowest BCUT2D eigenvalue weighted by Gasteiger charge is -2.30. The van der Waals surface area contributed by atoms with Crippen molar-refractivity contribution in [2.75, 3.05) is 32.0 Å². The number of amides is 1. The molecule has 0 radical (unpaired) electrons. The van der Waals surface area contributed by atoms with Crippen LogP contribution in [0.25, 0.3) is 0 Å². The zero-order valence-corrected chi connectivity index (χ0v) is 21.5. The van der Waals surface area contributed by atoms with Crippen LogP contribution in [-0.4, -0.2) is 67.8 Å². The molecule has 2 aromatic rings. The number of hydrogen-bond donors (Lipinski definition) is 3. The summed E-state index contributed by atoms with van der Waals surface area (Å²) in [5, 5.41) is 13.0. The number of rotatable bonds is 11. The van der Waals surface area contributed by atoms with Crippen LogP contribution in [0.15, 0.2) is 64.4 Å². The molecule has 0 aliphatic carbocycles. The molecule has 9 nitrogen and oxygen atoms in total. The van der Waals surface area contributed by atoms with E-state index >= 15 is 0 Å². The largest absolute Gasteiger partial charge is 0.444 e. The second kappa shape index (κ2) is 12.6. The molecule has 1 aliphatic heterocycles. The average Bonchev–Trinajstić information content (AvgIpc) is 3.31. The molecule has 35 heavy (non-hydrogen) atoms. The first-order valence-corrected chi connectivity index (χ1v) is 13.8. The molecule has 1 saturated heterocycles. The highest BCUT2D eigenvalue weighted by atomic mass is 32.2. The fourth-order valence-corrected chi connectivity index (χ4v) is 6.16. The number of nitrogen functional groups attached to an aromatic ring is 1. The number of sulfonamides is 1. The van der Waals surface area contributed by atoms with E-state index in [0.29, 0.717) is 25.3 Å². The molecule has 1 heterocycles. The van der Waals surface area contributed by atoms with Crippen LogP contribution in [0, 0.1) is 5.92 Å². The van der Waals surface area contributed by atoms with E-state index in [9.17, 15) is 18.3 Å². The summed E-state index contributed by atoms with van der Waals surface area (Å²) in [4.78, 5) is 13.4. The Morgan fingerprint density at radius 2 is 1.89 bits per heavy atom. The Bertz CT molecular complexity index is 1040. The summed E-state index contributed by atoms with van der Waals surface area (Å²) in [5.74, 6) is 0.00581. The van der Waals surface area contributed by atoms with Gasteiger partial charge in [0.15, 0.2) is 0 Å². The van der Waals surface area contributed by atoms with Crippen molar-refractivity contribution < 1.29 is 27.8 Å². The molecule has 2 aromatic carbocycles. The van der Waals surface area contributed by atoms with E-state index in [0.717, 1.165) is 4.90 Å². The Hall–Kier alpha value is -2.31. The molecule has 1 amide bonds. The van der Waals surface area contributed by atoms with Crippen molar-refractivity contribution in [3.63, 3.8) is 0 Å². The number of aliphatic hydroxyl groups is 1. The van der Waals surface area contributed by atoms with Gasteiger partial charge in [-0.15, -0.1) is 0 Å². The lowest BCUT2D eigenvalue weighted by atomic mass is 10.2. The van der Waals surface area contributed by atoms with Gasteiger partial charge in [0.25, 0.3) is 0 Å². The molecular formula is C24H33N3O6S2. The number of nitrogens with two attached hydrogens (primary N) is 1. The van der Waals surface area contributed by atoms with Crippen LogP contribution in [0.4, 0.5) is 10.5 Å². The molecule has 0 unspecified atom stereocenters. The van der Waals surface area contributed by atoms with Gasteiger partial charge in [0.05, 0.1) is 24.2 Å². The summed E-state index contributed by atoms with van der Waals surface area (Å²) in [7, 11) is -3.91. The van der Waals surface area contributed by atoms with Crippen molar-refractivity contribution in [1.82, 2.24) is 9.62 Å². The highest BCUT2D eigenvalue weighted by Crippen LogP contribution is 2.26. The van der Waals surface area contributed by atoms with Crippen LogP contribution >= 0.6 is 11.8 Å². The molecule has 3 rings (SSSR count). The van der Waals surface area contributed by atoms with Crippen molar-refractivity contribution in [2.24, 2.45) is 5.92 Å². The van der Waals surface area contributed by atoms with Crippen molar-refractivity contribution in [3.8, 4) is 0 Å². The minimum Gasteiger partial charge on any atom is -0.444 e. The molecular weight excluding hydrogens is 490 g/mol. The minimum atomic E-state index is -3.91. The normalized spacial score (nSPS) is 17.9. The molecule has 3 atom stereocenters. The van der Waals surface area contributed by atoms with E-state index in [1.807, 2.05) is 44.2 Å². The number of nitrogens with one attached hydrogen (secondary N) is 1. The third-order valence-corrected chi connectivity index (χ3v) is 8.33. The summed E-state index contributed by atoms with van der Waals surface area (Å²) in [6, 6.07) is 15.2. The van der Waals surface area contributed by atoms with Crippen LogP contribution in [0.2, 0.25) is 0 Å². The number of benzene rings is 2. The third-order valence-electron chi connectivity index (χ3n) is 5.25. The molecule has 0 saturated carbocycles. The summed E-state index contributed by atoms with van der Waals surface area (Å²) in [6.07, 6.45) is -1.66. The van der Waals surface area contributed by atoms with Crippen molar-refractivity contribution >= 4 is 33.6 Å². The van der Waals surface area contributed by atoms with E-state index in [2.05, 4.69) is 5.32 Å². The third kappa shape index (κ3) is 8.11. The van der Waals surface area contributed by atoms with Gasteiger partial charge in [-0.25, -0.2) is 13.2 Å². The van der Waals surface area contributed by atoms with Crippen LogP contribution in [0.1, 0.15) is 20.3 Å². The van der Waals surface area contributed by atoms with E-state index in [-0.39, 0.29) is 30.0 Å². The summed E-state index contributed by atoms with van der Waals surface area (Å²) < 4.78 is 38.7. The predicted molar refractivity (Wildman–Crippen MR) is 135 cm³/mol. The standard InChI is InChI=1S/C24H33N3O6S2/c1-17(2)14-27(35(30,31)21-10-8-18(25)9-11-21)15-22(28)23(34-20-6-4-3-5-7-20)26-24(29)33-19-12-13-32-16-19/h3-11,17,19,22-23,28H,12-16,25H2,1-2H3,(H,26,29)/t19-,22+,23-/m1/s1. The Kier molecular flexibility index (Phi) is 9.81. The monoisotopic (exact) mass is 523 g/mol. The van der Waals surface area contributed by atoms with Gasteiger partial charge in [0.2, 0.25) is 10.0 Å². The van der Waals surface area contributed by atoms with Crippen LogP contribution in [0.5, 0.6) is 0 Å². The molecule has 192 valence electrons. The fraction of sp³-hybridized carbons (Fsp3) is 0.458. The molecule has 0 spiro atoms. The average molecular weight is 524 g/mol. The molecule has 1 aliphatic rings. The van der Waals surface area contributed by atoms with E-state index < -0.39 is 27.6 Å². The highest BCUT2D eigenvalue weighted by molar-refractivity contribution is 8.00. The van der Waals surface area contributed by atoms with Gasteiger partial charge in [0, 0.05) is 30.1 Å². The zero-order valence-electron chi connectivity index (χ0n) is 19.9. The minimum absolute atomic E-state index is 0.00581. The summed E-state index contributed by atoms with van der Waals surface area (Å²) in [6.45, 7) is 4.61. The SMILES string of the molecule is CC(C)CN(C[C@H](O)[C@H](NC(=O)O[C@@H]1CCOC1)Sc1ccccc1)S(=O)(=O)c1ccc(N)cc1. The predicted octanol–water partition coefficient (Wildman–Crippen LogP) is 2.91. The van der Waals surface area contributed by atoms with Gasteiger partial charge < -0.3 is 25.6 Å². The van der Waals surface area contributed by atoms with Crippen molar-refractivity contribution in [3.05, 3.63) is 54.6 Å². The molecule has 1 fully saturated rings. The Morgan fingerprint density at radius 1 is 1.20 bits per heavy atom. The van der Waals surface area contributed by atoms with Gasteiger partial charge in [-0.2, -0.15) is 4.31 Å². The second-order valence-corrected chi connectivity index (χ2v) is 11.9. The lowest BCUT2D eigenvalue weighted by Crippen LogP contribution is -2.49. The van der Waals surface area contributed by atoms with E-state index in [1.165, 1.54) is 40.3 Å². The Balaban J connectivity index is 1.80. The number of alkyl carbamates (subject to hydrolysis) is 1. The summed E-state index contributed by atoms with van der Waals surface area (Å²) >= 11 is 1.22. The summed E-state index contributed by atoms with van der Waals surface area (Å²) in [5.41, 5.74) is 6.17. The number of carbonyl (C=O) groups is 1. The molecule has 11 heteroatoms. The molecule has 4 N–H and O–H groups in total. The first-order chi connectivity index (χ1) is 16.6. The Labute approximate surface area is 211 Å². The second-order valence-electron chi connectivity index (χ2n) is 8.74. The molecule has 0 aromatic heterocycles. The number of carbonyl (C=O) groups excluding carboxylic acids is 1. The number of thioether (sulfide) groups is 1.